The molecule has 0 unspecified atom stereocenters. The number of hydrogen-bond acceptors (Lipinski definition) is 6. The van der Waals surface area contributed by atoms with E-state index in [2.05, 4.69) is 15.5 Å². The van der Waals surface area contributed by atoms with Gasteiger partial charge in [-0.25, -0.2) is 4.68 Å². The molecule has 3 saturated heterocycles. The number of fused-ring (bicyclic) bond motifs is 4. The van der Waals surface area contributed by atoms with Gasteiger partial charge in [0, 0.05) is 39.8 Å². The smallest absolute Gasteiger partial charge is 0.281 e. The fraction of sp³-hybridized carbons (Fsp3) is 0.833. The van der Waals surface area contributed by atoms with Gasteiger partial charge in [-0.05, 0) is 29.2 Å². The summed E-state index contributed by atoms with van der Waals surface area (Å²) < 4.78 is 28.9. The van der Waals surface area contributed by atoms with Crippen LogP contribution in [0.25, 0.3) is 0 Å². The highest BCUT2D eigenvalue weighted by Crippen LogP contribution is 2.29. The molecule has 23 heavy (non-hydrogen) atoms. The van der Waals surface area contributed by atoms with Gasteiger partial charge in [-0.2, -0.15) is 17.0 Å². The first-order valence-corrected chi connectivity index (χ1v) is 8.95. The Kier molecular flexibility index (Phi) is 4.34. The molecule has 1 amide bonds. The molecule has 10 nitrogen and oxygen atoms in total. The summed E-state index contributed by atoms with van der Waals surface area (Å²) in [7, 11) is -0.396. The lowest BCUT2D eigenvalue weighted by atomic mass is 9.95. The Balaban J connectivity index is 1.75. The maximum Gasteiger partial charge on any atom is 0.281 e. The van der Waals surface area contributed by atoms with E-state index in [0.29, 0.717) is 19.6 Å². The highest BCUT2D eigenvalue weighted by molar-refractivity contribution is 7.86. The molecule has 0 spiro atoms. The molecule has 4 rings (SSSR count). The standard InChI is InChI=1S/C12H21N7O3S/c1-16(2)23(21,22)18-5-10-3-4-11(7-18)19(6-10)12(20)8-17-9-13-14-15-17/h9-11H,3-8H2,1-2H3/t10-,11+/m0/s1. The van der Waals surface area contributed by atoms with Gasteiger partial charge in [-0.1, -0.05) is 0 Å². The quantitative estimate of drug-likeness (QED) is 0.652. The SMILES string of the molecule is CN(C)S(=O)(=O)N1C[C@@H]2CC[C@H](C1)N(C(=O)Cn1cnnn1)C2. The first-order chi connectivity index (χ1) is 10.9. The number of carbonyl (C=O) groups excluding carboxylic acids is 1. The van der Waals surface area contributed by atoms with Crippen molar-refractivity contribution in [2.75, 3.05) is 33.7 Å². The van der Waals surface area contributed by atoms with Crippen molar-refractivity contribution < 1.29 is 13.2 Å². The molecular weight excluding hydrogens is 322 g/mol. The predicted molar refractivity (Wildman–Crippen MR) is 80.2 cm³/mol. The fourth-order valence-electron chi connectivity index (χ4n) is 3.25. The normalized spacial score (nSPS) is 25.8. The second kappa shape index (κ2) is 6.13. The summed E-state index contributed by atoms with van der Waals surface area (Å²) in [6.45, 7) is 1.48. The number of tetrazole rings is 1. The van der Waals surface area contributed by atoms with E-state index in [-0.39, 0.29) is 24.4 Å². The summed E-state index contributed by atoms with van der Waals surface area (Å²) in [5, 5.41) is 10.7. The second-order valence-corrected chi connectivity index (χ2v) is 8.40. The zero-order valence-corrected chi connectivity index (χ0v) is 14.1. The number of nitrogens with zero attached hydrogens (tertiary/aromatic N) is 7. The Bertz CT molecular complexity index is 660. The van der Waals surface area contributed by atoms with Crippen LogP contribution >= 0.6 is 0 Å². The monoisotopic (exact) mass is 343 g/mol. The van der Waals surface area contributed by atoms with Crippen LogP contribution in [-0.4, -0.2) is 87.8 Å². The van der Waals surface area contributed by atoms with Crippen LogP contribution in [0.4, 0.5) is 0 Å². The largest absolute Gasteiger partial charge is 0.336 e. The number of rotatable bonds is 4. The minimum atomic E-state index is -3.46. The second-order valence-electron chi connectivity index (χ2n) is 6.26. The first-order valence-electron chi connectivity index (χ1n) is 7.55. The molecule has 2 atom stereocenters. The van der Waals surface area contributed by atoms with Crippen LogP contribution in [0.2, 0.25) is 0 Å². The van der Waals surface area contributed by atoms with Crippen molar-refractivity contribution in [2.45, 2.75) is 25.4 Å². The zero-order valence-electron chi connectivity index (χ0n) is 13.2. The van der Waals surface area contributed by atoms with Crippen LogP contribution in [-0.2, 0) is 21.5 Å². The van der Waals surface area contributed by atoms with Crippen molar-refractivity contribution in [3.63, 3.8) is 0 Å². The van der Waals surface area contributed by atoms with Crippen molar-refractivity contribution in [3.8, 4) is 0 Å². The lowest BCUT2D eigenvalue weighted by Gasteiger charge is -2.36. The van der Waals surface area contributed by atoms with E-state index in [9.17, 15) is 13.2 Å². The first kappa shape index (κ1) is 16.3. The van der Waals surface area contributed by atoms with Crippen molar-refractivity contribution in [2.24, 2.45) is 5.92 Å². The highest BCUT2D eigenvalue weighted by atomic mass is 32.2. The molecule has 3 aliphatic heterocycles. The molecule has 4 heterocycles. The Morgan fingerprint density at radius 2 is 2.04 bits per heavy atom. The van der Waals surface area contributed by atoms with Gasteiger partial charge in [0.25, 0.3) is 10.2 Å². The lowest BCUT2D eigenvalue weighted by Crippen LogP contribution is -2.49. The Hall–Kier alpha value is -1.59. The van der Waals surface area contributed by atoms with Gasteiger partial charge < -0.3 is 4.90 Å². The molecule has 128 valence electrons. The molecule has 0 radical (unpaired) electrons. The van der Waals surface area contributed by atoms with Crippen molar-refractivity contribution >= 4 is 16.1 Å². The molecule has 3 fully saturated rings. The minimum Gasteiger partial charge on any atom is -0.336 e. The fourth-order valence-corrected chi connectivity index (χ4v) is 4.47. The van der Waals surface area contributed by atoms with Gasteiger partial charge in [0.05, 0.1) is 0 Å². The maximum absolute atomic E-state index is 12.5. The topological polar surface area (TPSA) is 105 Å². The van der Waals surface area contributed by atoms with Gasteiger partial charge in [-0.15, -0.1) is 5.10 Å². The predicted octanol–water partition coefficient (Wildman–Crippen LogP) is -1.60. The Morgan fingerprint density at radius 1 is 1.26 bits per heavy atom. The molecule has 11 heteroatoms. The van der Waals surface area contributed by atoms with Gasteiger partial charge in [-0.3, -0.25) is 4.79 Å². The van der Waals surface area contributed by atoms with Gasteiger partial charge in [0.2, 0.25) is 5.91 Å². The lowest BCUT2D eigenvalue weighted by molar-refractivity contribution is -0.136. The van der Waals surface area contributed by atoms with Gasteiger partial charge in [0.1, 0.15) is 12.9 Å². The van der Waals surface area contributed by atoms with E-state index in [1.54, 1.807) is 4.90 Å². The van der Waals surface area contributed by atoms with E-state index >= 15 is 0 Å². The van der Waals surface area contributed by atoms with Crippen LogP contribution in [0.1, 0.15) is 12.8 Å². The third kappa shape index (κ3) is 3.21. The Morgan fingerprint density at radius 3 is 2.70 bits per heavy atom. The van der Waals surface area contributed by atoms with E-state index in [1.165, 1.54) is 33.7 Å². The van der Waals surface area contributed by atoms with Gasteiger partial charge >= 0.3 is 0 Å². The summed E-state index contributed by atoms with van der Waals surface area (Å²) in [5.74, 6) is 0.0948. The number of hydrogen-bond donors (Lipinski definition) is 0. The van der Waals surface area contributed by atoms with Crippen LogP contribution in [0, 0.1) is 5.92 Å². The van der Waals surface area contributed by atoms with Crippen molar-refractivity contribution in [1.29, 1.82) is 0 Å². The molecule has 2 bridgehead atoms. The molecule has 0 saturated carbocycles. The minimum absolute atomic E-state index is 0.0731. The summed E-state index contributed by atoms with van der Waals surface area (Å²) >= 11 is 0. The molecule has 0 aromatic carbocycles. The average molecular weight is 343 g/mol. The molecule has 3 aliphatic rings. The Labute approximate surface area is 135 Å². The van der Waals surface area contributed by atoms with E-state index in [0.717, 1.165) is 12.8 Å². The van der Waals surface area contributed by atoms with Crippen LogP contribution in [0.5, 0.6) is 0 Å². The van der Waals surface area contributed by atoms with Gasteiger partial charge in [0.15, 0.2) is 0 Å². The summed E-state index contributed by atoms with van der Waals surface area (Å²) in [6.07, 6.45) is 3.17. The number of aromatic nitrogens is 4. The van der Waals surface area contributed by atoms with Crippen LogP contribution in [0.3, 0.4) is 0 Å². The third-order valence-corrected chi connectivity index (χ3v) is 6.35. The third-order valence-electron chi connectivity index (χ3n) is 4.48. The van der Waals surface area contributed by atoms with Crippen LogP contribution in [0.15, 0.2) is 6.33 Å². The van der Waals surface area contributed by atoms with Crippen LogP contribution < -0.4 is 0 Å². The molecule has 0 N–H and O–H groups in total. The zero-order chi connectivity index (χ0) is 16.6. The summed E-state index contributed by atoms with van der Waals surface area (Å²) in [4.78, 5) is 14.3. The molecule has 1 aromatic rings. The van der Waals surface area contributed by atoms with E-state index in [4.69, 9.17) is 0 Å². The number of amides is 1. The molecule has 1 aromatic heterocycles. The van der Waals surface area contributed by atoms with E-state index in [1.807, 2.05) is 0 Å². The maximum atomic E-state index is 12.5. The number of carbonyl (C=O) groups is 1. The highest BCUT2D eigenvalue weighted by Gasteiger charge is 2.41. The number of piperidine rings is 1. The average Bonchev–Trinajstić information content (AvgIpc) is 2.82. The van der Waals surface area contributed by atoms with Crippen molar-refractivity contribution in [1.82, 2.24) is 33.7 Å². The molecule has 0 aliphatic carbocycles. The summed E-state index contributed by atoms with van der Waals surface area (Å²) in [6, 6.07) is -0.0903. The molecular formula is C12H21N7O3S. The van der Waals surface area contributed by atoms with Crippen molar-refractivity contribution in [3.05, 3.63) is 6.33 Å². The summed E-state index contributed by atoms with van der Waals surface area (Å²) in [5.41, 5.74) is 0. The van der Waals surface area contributed by atoms with E-state index < -0.39 is 10.2 Å².